The Morgan fingerprint density at radius 2 is 1.74 bits per heavy atom. The van der Waals surface area contributed by atoms with Crippen molar-refractivity contribution in [1.82, 2.24) is 10.3 Å². The molecule has 0 amide bonds. The summed E-state index contributed by atoms with van der Waals surface area (Å²) in [5.41, 5.74) is 5.21. The van der Waals surface area contributed by atoms with Crippen molar-refractivity contribution in [3.63, 3.8) is 0 Å². The molecule has 2 N–H and O–H groups in total. The van der Waals surface area contributed by atoms with Gasteiger partial charge in [0.1, 0.15) is 5.75 Å². The van der Waals surface area contributed by atoms with Crippen molar-refractivity contribution in [2.24, 2.45) is 0 Å². The molecule has 0 bridgehead atoms. The smallest absolute Gasteiger partial charge is 0.127 e. The summed E-state index contributed by atoms with van der Waals surface area (Å²) < 4.78 is 0. The van der Waals surface area contributed by atoms with E-state index in [1.165, 1.54) is 24.1 Å². The van der Waals surface area contributed by atoms with Gasteiger partial charge in [-0.3, -0.25) is 4.98 Å². The van der Waals surface area contributed by atoms with Crippen molar-refractivity contribution >= 4 is 12.4 Å². The third kappa shape index (κ3) is 5.46. The van der Waals surface area contributed by atoms with Crippen LogP contribution in [0.5, 0.6) is 5.75 Å². The summed E-state index contributed by atoms with van der Waals surface area (Å²) in [6.45, 7) is 13.7. The van der Waals surface area contributed by atoms with E-state index in [0.29, 0.717) is 18.2 Å². The Hall–Kier alpha value is -1.58. The Labute approximate surface area is 170 Å². The fourth-order valence-corrected chi connectivity index (χ4v) is 3.03. The molecule has 1 aliphatic rings. The fraction of sp³-hybridized carbons (Fsp3) is 0.522. The third-order valence-corrected chi connectivity index (χ3v) is 4.96. The van der Waals surface area contributed by atoms with Crippen LogP contribution in [0.15, 0.2) is 30.5 Å². The Kier molecular flexibility index (Phi) is 6.28. The number of rotatable bonds is 4. The first-order valence-corrected chi connectivity index (χ1v) is 9.62. The van der Waals surface area contributed by atoms with E-state index in [0.717, 1.165) is 16.7 Å². The molecule has 1 aromatic heterocycles. The molecule has 0 atom stereocenters. The lowest BCUT2D eigenvalue weighted by Crippen LogP contribution is -2.35. The number of aromatic hydroxyl groups is 1. The molecule has 0 radical (unpaired) electrons. The predicted octanol–water partition coefficient (Wildman–Crippen LogP) is 5.94. The van der Waals surface area contributed by atoms with Crippen molar-refractivity contribution in [1.29, 1.82) is 0 Å². The van der Waals surface area contributed by atoms with E-state index < -0.39 is 0 Å². The van der Waals surface area contributed by atoms with Crippen LogP contribution in [0.1, 0.15) is 77.1 Å². The van der Waals surface area contributed by atoms with Gasteiger partial charge in [0, 0.05) is 46.6 Å². The molecule has 2 aromatic rings. The molecule has 1 aromatic carbocycles. The number of pyridine rings is 1. The first kappa shape index (κ1) is 21.7. The van der Waals surface area contributed by atoms with Crippen LogP contribution in [0.2, 0.25) is 0 Å². The SMILES string of the molecule is CC(C)(C)NCc1cc(C(C)(C)C)cc(-c2ccc(C3CC3)nc2)c1O.Cl. The molecule has 3 nitrogen and oxygen atoms in total. The second kappa shape index (κ2) is 7.81. The summed E-state index contributed by atoms with van der Waals surface area (Å²) in [5.74, 6) is 1.00. The number of benzene rings is 1. The van der Waals surface area contributed by atoms with E-state index in [1.54, 1.807) is 0 Å². The minimum atomic E-state index is -0.00217. The summed E-state index contributed by atoms with van der Waals surface area (Å²) >= 11 is 0. The Morgan fingerprint density at radius 1 is 1.07 bits per heavy atom. The first-order chi connectivity index (χ1) is 12.0. The molecule has 3 rings (SSSR count). The standard InChI is InChI=1S/C23H32N2O.ClH/c1-22(2,3)18-11-17(14-25-23(4,5)6)21(26)19(12-18)16-9-10-20(24-13-16)15-7-8-15;/h9-13,15,25-26H,7-8,14H2,1-6H3;1H. The summed E-state index contributed by atoms with van der Waals surface area (Å²) in [7, 11) is 0. The van der Waals surface area contributed by atoms with E-state index in [2.05, 4.69) is 76.1 Å². The van der Waals surface area contributed by atoms with E-state index in [1.807, 2.05) is 6.20 Å². The molecule has 1 saturated carbocycles. The van der Waals surface area contributed by atoms with Gasteiger partial charge >= 0.3 is 0 Å². The predicted molar refractivity (Wildman–Crippen MR) is 116 cm³/mol. The van der Waals surface area contributed by atoms with Gasteiger partial charge in [-0.15, -0.1) is 12.4 Å². The lowest BCUT2D eigenvalue weighted by molar-refractivity contribution is 0.411. The lowest BCUT2D eigenvalue weighted by Gasteiger charge is -2.25. The normalized spacial score (nSPS) is 14.7. The topological polar surface area (TPSA) is 45.2 Å². The fourth-order valence-electron chi connectivity index (χ4n) is 3.03. The van der Waals surface area contributed by atoms with Crippen LogP contribution in [0.25, 0.3) is 11.1 Å². The monoisotopic (exact) mass is 388 g/mol. The average molecular weight is 389 g/mol. The number of hydrogen-bond donors (Lipinski definition) is 2. The zero-order valence-corrected chi connectivity index (χ0v) is 18.2. The number of nitrogens with one attached hydrogen (secondary N) is 1. The number of nitrogens with zero attached hydrogens (tertiary/aromatic N) is 1. The molecule has 4 heteroatoms. The zero-order valence-electron chi connectivity index (χ0n) is 17.4. The molecular weight excluding hydrogens is 356 g/mol. The third-order valence-electron chi connectivity index (χ3n) is 4.96. The molecule has 148 valence electrons. The van der Waals surface area contributed by atoms with Crippen LogP contribution < -0.4 is 5.32 Å². The molecule has 0 spiro atoms. The summed E-state index contributed by atoms with van der Waals surface area (Å²) in [6, 6.07) is 8.46. The number of aromatic nitrogens is 1. The quantitative estimate of drug-likeness (QED) is 0.681. The molecule has 0 saturated heterocycles. The van der Waals surface area contributed by atoms with Gasteiger partial charge in [0.05, 0.1) is 0 Å². The zero-order chi connectivity index (χ0) is 19.1. The number of phenols is 1. The molecular formula is C23H33ClN2O. The Balaban J connectivity index is 0.00000261. The largest absolute Gasteiger partial charge is 0.507 e. The Bertz CT molecular complexity index is 782. The molecule has 1 heterocycles. The highest BCUT2D eigenvalue weighted by atomic mass is 35.5. The second-order valence-electron chi connectivity index (χ2n) is 9.63. The number of phenolic OH excluding ortho intramolecular Hbond substituents is 1. The van der Waals surface area contributed by atoms with E-state index in [9.17, 15) is 5.11 Å². The van der Waals surface area contributed by atoms with Gasteiger partial charge in [0.2, 0.25) is 0 Å². The van der Waals surface area contributed by atoms with Gasteiger partial charge in [-0.1, -0.05) is 32.9 Å². The van der Waals surface area contributed by atoms with E-state index in [4.69, 9.17) is 0 Å². The van der Waals surface area contributed by atoms with Crippen LogP contribution in [0.4, 0.5) is 0 Å². The van der Waals surface area contributed by atoms with Gasteiger partial charge in [-0.2, -0.15) is 0 Å². The van der Waals surface area contributed by atoms with E-state index in [-0.39, 0.29) is 23.4 Å². The minimum absolute atomic E-state index is 0. The van der Waals surface area contributed by atoms with Gasteiger partial charge in [-0.05, 0) is 56.7 Å². The van der Waals surface area contributed by atoms with Crippen molar-refractivity contribution in [3.8, 4) is 16.9 Å². The van der Waals surface area contributed by atoms with Crippen molar-refractivity contribution in [2.45, 2.75) is 77.8 Å². The summed E-state index contributed by atoms with van der Waals surface area (Å²) in [6.07, 6.45) is 4.41. The summed E-state index contributed by atoms with van der Waals surface area (Å²) in [5, 5.41) is 14.4. The maximum absolute atomic E-state index is 11.0. The highest BCUT2D eigenvalue weighted by molar-refractivity contribution is 5.85. The molecule has 27 heavy (non-hydrogen) atoms. The van der Waals surface area contributed by atoms with Crippen LogP contribution in [0.3, 0.4) is 0 Å². The van der Waals surface area contributed by atoms with Gasteiger partial charge < -0.3 is 10.4 Å². The maximum atomic E-state index is 11.0. The highest BCUT2D eigenvalue weighted by Gasteiger charge is 2.25. The van der Waals surface area contributed by atoms with Crippen molar-refractivity contribution < 1.29 is 5.11 Å². The van der Waals surface area contributed by atoms with Gasteiger partial charge in [0.25, 0.3) is 0 Å². The van der Waals surface area contributed by atoms with Crippen molar-refractivity contribution in [2.75, 3.05) is 0 Å². The molecule has 1 aliphatic carbocycles. The molecule has 1 fully saturated rings. The van der Waals surface area contributed by atoms with Crippen LogP contribution in [-0.2, 0) is 12.0 Å². The van der Waals surface area contributed by atoms with Crippen LogP contribution in [-0.4, -0.2) is 15.6 Å². The first-order valence-electron chi connectivity index (χ1n) is 9.62. The lowest BCUT2D eigenvalue weighted by atomic mass is 9.83. The van der Waals surface area contributed by atoms with Gasteiger partial charge in [0.15, 0.2) is 0 Å². The number of hydrogen-bond acceptors (Lipinski definition) is 3. The van der Waals surface area contributed by atoms with E-state index >= 15 is 0 Å². The van der Waals surface area contributed by atoms with Crippen molar-refractivity contribution in [3.05, 3.63) is 47.3 Å². The summed E-state index contributed by atoms with van der Waals surface area (Å²) in [4.78, 5) is 4.64. The number of halogens is 1. The highest BCUT2D eigenvalue weighted by Crippen LogP contribution is 2.41. The Morgan fingerprint density at radius 3 is 2.22 bits per heavy atom. The second-order valence-corrected chi connectivity index (χ2v) is 9.63. The minimum Gasteiger partial charge on any atom is -0.507 e. The molecule has 0 aliphatic heterocycles. The van der Waals surface area contributed by atoms with Crippen LogP contribution >= 0.6 is 12.4 Å². The molecule has 0 unspecified atom stereocenters. The van der Waals surface area contributed by atoms with Gasteiger partial charge in [-0.25, -0.2) is 0 Å². The average Bonchev–Trinajstić information content (AvgIpc) is 3.37. The van der Waals surface area contributed by atoms with Crippen LogP contribution in [0, 0.1) is 0 Å². The maximum Gasteiger partial charge on any atom is 0.127 e.